The zero-order valence-corrected chi connectivity index (χ0v) is 13.4. The molecule has 5 nitrogen and oxygen atoms in total. The van der Waals surface area contributed by atoms with Gasteiger partial charge in [0.25, 0.3) is 0 Å². The third kappa shape index (κ3) is 2.96. The van der Waals surface area contributed by atoms with Crippen LogP contribution in [0.4, 0.5) is 11.5 Å². The minimum Gasteiger partial charge on any atom is -0.497 e. The lowest BCUT2D eigenvalue weighted by Gasteiger charge is -2.24. The van der Waals surface area contributed by atoms with E-state index in [9.17, 15) is 0 Å². The van der Waals surface area contributed by atoms with Crippen LogP contribution in [0.3, 0.4) is 0 Å². The maximum atomic E-state index is 5.77. The van der Waals surface area contributed by atoms with E-state index in [2.05, 4.69) is 21.8 Å². The maximum Gasteiger partial charge on any atom is 0.144 e. The van der Waals surface area contributed by atoms with Crippen LogP contribution < -0.4 is 15.4 Å². The summed E-state index contributed by atoms with van der Waals surface area (Å²) in [5, 5.41) is 1.02. The Morgan fingerprint density at radius 2 is 1.78 bits per heavy atom. The summed E-state index contributed by atoms with van der Waals surface area (Å²) in [5.74, 6) is 2.36. The lowest BCUT2D eigenvalue weighted by atomic mass is 10.2. The minimum absolute atomic E-state index is 0.317. The largest absolute Gasteiger partial charge is 0.497 e. The molecule has 1 heterocycles. The second-order valence-electron chi connectivity index (χ2n) is 5.13. The zero-order valence-electron chi connectivity index (χ0n) is 13.4. The van der Waals surface area contributed by atoms with Crippen LogP contribution in [0.1, 0.15) is 12.7 Å². The van der Waals surface area contributed by atoms with Gasteiger partial charge in [0.15, 0.2) is 0 Å². The van der Waals surface area contributed by atoms with Crippen molar-refractivity contribution in [2.24, 2.45) is 5.73 Å². The highest BCUT2D eigenvalue weighted by atomic mass is 16.5. The first-order chi connectivity index (χ1) is 11.3. The van der Waals surface area contributed by atoms with E-state index >= 15 is 0 Å². The molecule has 0 saturated carbocycles. The molecule has 118 valence electrons. The molecule has 5 heteroatoms. The average molecular weight is 308 g/mol. The summed E-state index contributed by atoms with van der Waals surface area (Å²) in [4.78, 5) is 11.3. The molecule has 0 saturated heterocycles. The topological polar surface area (TPSA) is 64.3 Å². The Bertz CT molecular complexity index is 802. The number of rotatable bonds is 5. The fraction of sp³-hybridized carbons (Fsp3) is 0.222. The molecule has 0 unspecified atom stereocenters. The van der Waals surface area contributed by atoms with E-state index in [0.29, 0.717) is 12.4 Å². The van der Waals surface area contributed by atoms with Crippen molar-refractivity contribution in [3.63, 3.8) is 0 Å². The molecule has 0 aliphatic heterocycles. The average Bonchev–Trinajstić information content (AvgIpc) is 2.62. The molecule has 0 fully saturated rings. The van der Waals surface area contributed by atoms with Gasteiger partial charge >= 0.3 is 0 Å². The van der Waals surface area contributed by atoms with Crippen molar-refractivity contribution in [3.8, 4) is 5.75 Å². The smallest absolute Gasteiger partial charge is 0.144 e. The summed E-state index contributed by atoms with van der Waals surface area (Å²) in [5.41, 5.74) is 7.73. The van der Waals surface area contributed by atoms with E-state index in [1.807, 2.05) is 48.5 Å². The molecule has 0 amide bonds. The number of ether oxygens (including phenoxy) is 1. The van der Waals surface area contributed by atoms with Crippen molar-refractivity contribution in [1.29, 1.82) is 0 Å². The molecule has 2 N–H and O–H groups in total. The van der Waals surface area contributed by atoms with Crippen LogP contribution >= 0.6 is 0 Å². The second-order valence-corrected chi connectivity index (χ2v) is 5.13. The number of methoxy groups -OCH3 is 1. The molecule has 0 aliphatic carbocycles. The number of hydrogen-bond acceptors (Lipinski definition) is 5. The Kier molecular flexibility index (Phi) is 4.39. The fourth-order valence-electron chi connectivity index (χ4n) is 2.62. The van der Waals surface area contributed by atoms with Gasteiger partial charge < -0.3 is 15.4 Å². The molecule has 0 aliphatic rings. The first kappa shape index (κ1) is 15.2. The molecule has 0 spiro atoms. The van der Waals surface area contributed by atoms with Crippen molar-refractivity contribution < 1.29 is 4.74 Å². The highest BCUT2D eigenvalue weighted by molar-refractivity contribution is 5.91. The van der Waals surface area contributed by atoms with Crippen LogP contribution in [-0.4, -0.2) is 23.6 Å². The Hall–Kier alpha value is -2.66. The first-order valence-corrected chi connectivity index (χ1v) is 7.64. The van der Waals surface area contributed by atoms with Crippen molar-refractivity contribution in [3.05, 3.63) is 54.4 Å². The molecule has 2 aromatic carbocycles. The predicted molar refractivity (Wildman–Crippen MR) is 93.1 cm³/mol. The van der Waals surface area contributed by atoms with E-state index in [1.54, 1.807) is 7.11 Å². The predicted octanol–water partition coefficient (Wildman–Crippen LogP) is 3.26. The molecule has 0 bridgehead atoms. The van der Waals surface area contributed by atoms with Gasteiger partial charge in [-0.3, -0.25) is 0 Å². The fourth-order valence-corrected chi connectivity index (χ4v) is 2.62. The molecule has 1 aromatic heterocycles. The van der Waals surface area contributed by atoms with E-state index in [1.165, 1.54) is 0 Å². The van der Waals surface area contributed by atoms with Crippen molar-refractivity contribution in [1.82, 2.24) is 9.97 Å². The van der Waals surface area contributed by atoms with Gasteiger partial charge in [-0.25, -0.2) is 9.97 Å². The molecule has 0 radical (unpaired) electrons. The van der Waals surface area contributed by atoms with Crippen molar-refractivity contribution in [2.45, 2.75) is 13.5 Å². The van der Waals surface area contributed by atoms with Gasteiger partial charge in [-0.15, -0.1) is 0 Å². The van der Waals surface area contributed by atoms with Gasteiger partial charge in [0.2, 0.25) is 0 Å². The van der Waals surface area contributed by atoms with E-state index in [4.69, 9.17) is 10.5 Å². The van der Waals surface area contributed by atoms with Gasteiger partial charge in [-0.05, 0) is 43.3 Å². The highest BCUT2D eigenvalue weighted by Crippen LogP contribution is 2.30. The normalized spacial score (nSPS) is 10.7. The van der Waals surface area contributed by atoms with E-state index in [0.717, 1.165) is 34.7 Å². The molecular formula is C18H20N4O. The molecule has 0 atom stereocenters. The van der Waals surface area contributed by atoms with Gasteiger partial charge in [0, 0.05) is 17.6 Å². The van der Waals surface area contributed by atoms with Crippen molar-refractivity contribution >= 4 is 22.4 Å². The number of hydrogen-bond donors (Lipinski definition) is 1. The second kappa shape index (κ2) is 6.62. The number of aromatic nitrogens is 2. The third-order valence-electron chi connectivity index (χ3n) is 3.77. The molecule has 3 rings (SSSR count). The Balaban J connectivity index is 2.14. The standard InChI is InChI=1S/C18H20N4O/c1-3-22(13-8-10-14(23-2)11-9-13)18-15-6-4-5-7-16(15)20-17(12-19)21-18/h4-11H,3,12,19H2,1-2H3. The van der Waals surface area contributed by atoms with Gasteiger partial charge in [0.1, 0.15) is 17.4 Å². The number of fused-ring (bicyclic) bond motifs is 1. The molecule has 3 aromatic rings. The third-order valence-corrected chi connectivity index (χ3v) is 3.77. The number of nitrogens with zero attached hydrogens (tertiary/aromatic N) is 3. The summed E-state index contributed by atoms with van der Waals surface area (Å²) in [6.45, 7) is 3.21. The number of benzene rings is 2. The highest BCUT2D eigenvalue weighted by Gasteiger charge is 2.14. The van der Waals surface area contributed by atoms with E-state index in [-0.39, 0.29) is 0 Å². The number of anilines is 2. The van der Waals surface area contributed by atoms with Gasteiger partial charge in [-0.2, -0.15) is 0 Å². The monoisotopic (exact) mass is 308 g/mol. The van der Waals surface area contributed by atoms with Crippen LogP contribution in [0.15, 0.2) is 48.5 Å². The van der Waals surface area contributed by atoms with Crippen LogP contribution in [-0.2, 0) is 6.54 Å². The number of nitrogens with two attached hydrogens (primary N) is 1. The van der Waals surface area contributed by atoms with Crippen LogP contribution in [0.25, 0.3) is 10.9 Å². The first-order valence-electron chi connectivity index (χ1n) is 7.64. The maximum absolute atomic E-state index is 5.77. The quantitative estimate of drug-likeness (QED) is 0.784. The summed E-state index contributed by atoms with van der Waals surface area (Å²) in [6.07, 6.45) is 0. The van der Waals surface area contributed by atoms with E-state index < -0.39 is 0 Å². The lowest BCUT2D eigenvalue weighted by molar-refractivity contribution is 0.415. The lowest BCUT2D eigenvalue weighted by Crippen LogP contribution is -2.19. The zero-order chi connectivity index (χ0) is 16.2. The van der Waals surface area contributed by atoms with Crippen LogP contribution in [0, 0.1) is 0 Å². The summed E-state index contributed by atoms with van der Waals surface area (Å²) in [7, 11) is 1.66. The van der Waals surface area contributed by atoms with Gasteiger partial charge in [0.05, 0.1) is 19.2 Å². The number of para-hydroxylation sites is 1. The SMILES string of the molecule is CCN(c1ccc(OC)cc1)c1nc(CN)nc2ccccc12. The Morgan fingerprint density at radius 3 is 2.43 bits per heavy atom. The Morgan fingerprint density at radius 1 is 1.04 bits per heavy atom. The summed E-state index contributed by atoms with van der Waals surface area (Å²) in [6, 6.07) is 16.0. The molecule has 23 heavy (non-hydrogen) atoms. The summed E-state index contributed by atoms with van der Waals surface area (Å²) >= 11 is 0. The van der Waals surface area contributed by atoms with Crippen molar-refractivity contribution in [2.75, 3.05) is 18.6 Å². The Labute approximate surface area is 135 Å². The van der Waals surface area contributed by atoms with Crippen LogP contribution in [0.2, 0.25) is 0 Å². The molecular weight excluding hydrogens is 288 g/mol. The minimum atomic E-state index is 0.317. The van der Waals surface area contributed by atoms with Crippen LogP contribution in [0.5, 0.6) is 5.75 Å². The summed E-state index contributed by atoms with van der Waals surface area (Å²) < 4.78 is 5.23. The van der Waals surface area contributed by atoms with Gasteiger partial charge in [-0.1, -0.05) is 12.1 Å².